The van der Waals surface area contributed by atoms with Crippen molar-refractivity contribution < 1.29 is 24.9 Å². The predicted molar refractivity (Wildman–Crippen MR) is 204 cm³/mol. The average Bonchev–Trinajstić information content (AvgIpc) is 3.14. The molecule has 6 rings (SSSR count). The second-order valence-electron chi connectivity index (χ2n) is 14.5. The number of carbonyl (C=O) groups excluding carboxylic acids is 1. The van der Waals surface area contributed by atoms with Gasteiger partial charge in [0.15, 0.2) is 0 Å². The molecule has 52 heavy (non-hydrogen) atoms. The number of hydrogen-bond acceptors (Lipinski definition) is 7. The van der Waals surface area contributed by atoms with E-state index in [1.54, 1.807) is 17.0 Å². The summed E-state index contributed by atoms with van der Waals surface area (Å²) in [5.74, 6) is 0.449. The van der Waals surface area contributed by atoms with Crippen LogP contribution in [0.15, 0.2) is 77.6 Å². The van der Waals surface area contributed by atoms with Crippen LogP contribution in [0, 0.1) is 5.92 Å². The number of aryl methyl sites for hydroxylation is 1. The number of nitrogens with one attached hydrogen (secondary N) is 3. The molecule has 0 bridgehead atoms. The van der Waals surface area contributed by atoms with E-state index in [2.05, 4.69) is 15.6 Å². The number of hydrogen-bond donors (Lipinski definition) is 7. The number of anilines is 1. The first-order valence-corrected chi connectivity index (χ1v) is 18.7. The van der Waals surface area contributed by atoms with Crippen LogP contribution in [0.3, 0.4) is 0 Å². The number of nitrogens with two attached hydrogens (primary N) is 1. The molecule has 2 fully saturated rings. The number of aromatic nitrogens is 1. The molecule has 1 aromatic heterocycles. The number of aromatic amines is 1. The summed E-state index contributed by atoms with van der Waals surface area (Å²) < 4.78 is 0. The maximum absolute atomic E-state index is 13.0. The van der Waals surface area contributed by atoms with Gasteiger partial charge in [-0.2, -0.15) is 0 Å². The van der Waals surface area contributed by atoms with Crippen LogP contribution in [0.5, 0.6) is 5.75 Å². The fourth-order valence-corrected chi connectivity index (χ4v) is 7.96. The molecule has 2 aliphatic rings. The van der Waals surface area contributed by atoms with Gasteiger partial charge in [0.2, 0.25) is 11.5 Å². The molecule has 0 aliphatic heterocycles. The first-order chi connectivity index (χ1) is 25.2. The van der Waals surface area contributed by atoms with Crippen molar-refractivity contribution in [3.05, 3.63) is 94.3 Å². The van der Waals surface area contributed by atoms with Gasteiger partial charge in [0, 0.05) is 48.1 Å². The highest BCUT2D eigenvalue weighted by molar-refractivity contribution is 5.94. The van der Waals surface area contributed by atoms with Crippen molar-refractivity contribution in [1.29, 1.82) is 0 Å². The monoisotopic (exact) mass is 709 g/mol. The lowest BCUT2D eigenvalue weighted by Crippen LogP contribution is -2.44. The Kier molecular flexibility index (Phi) is 12.3. The van der Waals surface area contributed by atoms with E-state index in [9.17, 15) is 29.7 Å². The van der Waals surface area contributed by atoms with Crippen LogP contribution in [0.1, 0.15) is 81.4 Å². The molecule has 1 heterocycles. The Balaban J connectivity index is 0.967. The predicted octanol–water partition coefficient (Wildman–Crippen LogP) is 5.98. The van der Waals surface area contributed by atoms with Gasteiger partial charge in [-0.25, -0.2) is 4.79 Å². The Labute approximate surface area is 304 Å². The standard InChI is InChI=1S/C41H51N5O6/c42-29-12-16-31(17-13-29)46(41(51)52)35-23-26(11-18-32(35)28-6-2-1-3-7-28)5-4-8-38(49)44-30-14-9-27(10-15-30)24-43-25-37(48)33-19-21-36(47)40-34(33)20-22-39(50)45-40/h1-3,6-7,11,18-23,27,29-31,37,43,47-48H,4-5,8-10,12-17,24-25,42H2,(H,44,49)(H,45,50)(H,51,52)/t27-,29-,30-,31-,37?. The number of pyridine rings is 1. The number of aromatic hydroxyl groups is 1. The summed E-state index contributed by atoms with van der Waals surface area (Å²) in [5, 5.41) is 38.6. The zero-order chi connectivity index (χ0) is 36.6. The van der Waals surface area contributed by atoms with Gasteiger partial charge in [0.05, 0.1) is 17.3 Å². The van der Waals surface area contributed by atoms with Gasteiger partial charge in [-0.05, 0) is 112 Å². The normalized spacial score (nSPS) is 21.0. The Morgan fingerprint density at radius 2 is 1.67 bits per heavy atom. The Morgan fingerprint density at radius 3 is 2.40 bits per heavy atom. The van der Waals surface area contributed by atoms with Gasteiger partial charge in [-0.15, -0.1) is 0 Å². The summed E-state index contributed by atoms with van der Waals surface area (Å²) in [7, 11) is 0. The molecular formula is C41H51N5O6. The molecule has 4 aromatic rings. The maximum atomic E-state index is 13.0. The van der Waals surface area contributed by atoms with Crippen LogP contribution >= 0.6 is 0 Å². The summed E-state index contributed by atoms with van der Waals surface area (Å²) in [4.78, 5) is 41.5. The number of amides is 2. The molecule has 0 saturated heterocycles. The summed E-state index contributed by atoms with van der Waals surface area (Å²) in [6.07, 6.45) is 6.79. The van der Waals surface area contributed by atoms with Crippen LogP contribution in [0.4, 0.5) is 10.5 Å². The van der Waals surface area contributed by atoms with Gasteiger partial charge in [-0.3, -0.25) is 14.5 Å². The van der Waals surface area contributed by atoms with E-state index >= 15 is 0 Å². The largest absolute Gasteiger partial charge is 0.506 e. The Hall–Kier alpha value is -4.71. The summed E-state index contributed by atoms with van der Waals surface area (Å²) in [6, 6.07) is 22.2. The van der Waals surface area contributed by atoms with Crippen molar-refractivity contribution in [1.82, 2.24) is 15.6 Å². The van der Waals surface area contributed by atoms with Gasteiger partial charge in [0.1, 0.15) is 5.75 Å². The van der Waals surface area contributed by atoms with E-state index in [1.807, 2.05) is 48.5 Å². The van der Waals surface area contributed by atoms with Crippen molar-refractivity contribution in [2.75, 3.05) is 18.0 Å². The third kappa shape index (κ3) is 9.20. The molecule has 2 saturated carbocycles. The number of aliphatic hydroxyl groups is 1. The highest BCUT2D eigenvalue weighted by Crippen LogP contribution is 2.37. The molecule has 0 spiro atoms. The molecular weight excluding hydrogens is 658 g/mol. The van der Waals surface area contributed by atoms with Crippen LogP contribution in [-0.4, -0.2) is 63.5 Å². The molecule has 0 radical (unpaired) electrons. The molecule has 11 nitrogen and oxygen atoms in total. The lowest BCUT2D eigenvalue weighted by Gasteiger charge is -2.35. The molecule has 276 valence electrons. The molecule has 2 aliphatic carbocycles. The molecule has 8 N–H and O–H groups in total. The van der Waals surface area contributed by atoms with E-state index in [0.717, 1.165) is 74.6 Å². The first kappa shape index (κ1) is 37.1. The number of carbonyl (C=O) groups is 2. The minimum atomic E-state index is -0.959. The third-order valence-corrected chi connectivity index (χ3v) is 10.8. The van der Waals surface area contributed by atoms with Crippen molar-refractivity contribution in [2.45, 2.75) is 94.9 Å². The molecule has 2 amide bonds. The molecule has 1 unspecified atom stereocenters. The number of benzene rings is 3. The lowest BCUT2D eigenvalue weighted by molar-refractivity contribution is -0.122. The number of phenolic OH excluding ortho intramolecular Hbond substituents is 1. The number of fused-ring (bicyclic) bond motifs is 1. The lowest BCUT2D eigenvalue weighted by atomic mass is 9.86. The van der Waals surface area contributed by atoms with E-state index in [-0.39, 0.29) is 35.3 Å². The number of carboxylic acid groups (broad SMARTS) is 1. The second kappa shape index (κ2) is 17.2. The average molecular weight is 710 g/mol. The van der Waals surface area contributed by atoms with E-state index in [0.29, 0.717) is 53.9 Å². The molecule has 11 heteroatoms. The van der Waals surface area contributed by atoms with Gasteiger partial charge < -0.3 is 36.7 Å². The minimum absolute atomic E-state index is 0.0338. The number of aliphatic hydroxyl groups excluding tert-OH is 1. The quantitative estimate of drug-likeness (QED) is 0.0886. The van der Waals surface area contributed by atoms with E-state index in [4.69, 9.17) is 5.73 Å². The summed E-state index contributed by atoms with van der Waals surface area (Å²) in [6.45, 7) is 1.10. The van der Waals surface area contributed by atoms with Crippen LogP contribution in [-0.2, 0) is 11.2 Å². The first-order valence-electron chi connectivity index (χ1n) is 18.7. The van der Waals surface area contributed by atoms with Crippen molar-refractivity contribution in [2.24, 2.45) is 11.7 Å². The highest BCUT2D eigenvalue weighted by Gasteiger charge is 2.31. The van der Waals surface area contributed by atoms with Crippen LogP contribution in [0.2, 0.25) is 0 Å². The van der Waals surface area contributed by atoms with Crippen LogP contribution < -0.4 is 26.8 Å². The Bertz CT molecular complexity index is 1880. The fraction of sp³-hybridized carbons (Fsp3) is 0.439. The third-order valence-electron chi connectivity index (χ3n) is 10.8. The smallest absolute Gasteiger partial charge is 0.412 e. The SMILES string of the molecule is N[C@H]1CC[C@H](N(C(=O)O)c2cc(CCCC(=O)N[C@H]3CC[C@H](CNCC(O)c4ccc(O)c5[nH]c(=O)ccc45)CC3)ccc2-c2ccccc2)CC1. The summed E-state index contributed by atoms with van der Waals surface area (Å²) >= 11 is 0. The second-order valence-corrected chi connectivity index (χ2v) is 14.5. The number of rotatable bonds is 13. The fourth-order valence-electron chi connectivity index (χ4n) is 7.96. The van der Waals surface area contributed by atoms with Crippen molar-refractivity contribution >= 4 is 28.6 Å². The summed E-state index contributed by atoms with van der Waals surface area (Å²) in [5.41, 5.74) is 10.3. The van der Waals surface area contributed by atoms with Gasteiger partial charge in [-0.1, -0.05) is 48.5 Å². The van der Waals surface area contributed by atoms with Crippen molar-refractivity contribution in [3.8, 4) is 16.9 Å². The van der Waals surface area contributed by atoms with E-state index in [1.165, 1.54) is 12.1 Å². The van der Waals surface area contributed by atoms with E-state index < -0.39 is 12.2 Å². The van der Waals surface area contributed by atoms with Crippen LogP contribution in [0.25, 0.3) is 22.0 Å². The topological polar surface area (TPSA) is 181 Å². The molecule has 3 aromatic carbocycles. The molecule has 1 atom stereocenters. The zero-order valence-corrected chi connectivity index (χ0v) is 29.6. The minimum Gasteiger partial charge on any atom is -0.506 e. The zero-order valence-electron chi connectivity index (χ0n) is 29.6. The number of nitrogens with zero attached hydrogens (tertiary/aromatic N) is 1. The van der Waals surface area contributed by atoms with Gasteiger partial charge >= 0.3 is 6.09 Å². The maximum Gasteiger partial charge on any atom is 0.412 e. The Morgan fingerprint density at radius 1 is 0.923 bits per heavy atom. The number of H-pyrrole nitrogens is 1. The highest BCUT2D eigenvalue weighted by atomic mass is 16.4. The van der Waals surface area contributed by atoms with Crippen molar-refractivity contribution in [3.63, 3.8) is 0 Å². The number of phenols is 1. The van der Waals surface area contributed by atoms with Gasteiger partial charge in [0.25, 0.3) is 0 Å².